The molecule has 2 amide bonds. The van der Waals surface area contributed by atoms with Gasteiger partial charge in [-0.25, -0.2) is 0 Å². The summed E-state index contributed by atoms with van der Waals surface area (Å²) >= 11 is 0. The Balaban J connectivity index is 1.48. The first kappa shape index (κ1) is 22.0. The molecule has 0 radical (unpaired) electrons. The van der Waals surface area contributed by atoms with E-state index in [-0.39, 0.29) is 17.9 Å². The lowest BCUT2D eigenvalue weighted by molar-refractivity contribution is -1.01. The van der Waals surface area contributed by atoms with E-state index in [1.54, 1.807) is 4.90 Å². The predicted molar refractivity (Wildman–Crippen MR) is 120 cm³/mol. The normalized spacial score (nSPS) is 19.7. The fourth-order valence-electron chi connectivity index (χ4n) is 4.15. The zero-order valence-corrected chi connectivity index (χ0v) is 18.3. The molecule has 160 valence electrons. The summed E-state index contributed by atoms with van der Waals surface area (Å²) in [7, 11) is 1.84. The van der Waals surface area contributed by atoms with Crippen LogP contribution < -0.4 is 20.0 Å². The second kappa shape index (κ2) is 10.4. The number of hydrogen-bond acceptors (Lipinski definition) is 2. The second-order valence-electron chi connectivity index (χ2n) is 8.10. The Morgan fingerprint density at radius 1 is 1.00 bits per heavy atom. The molecule has 1 aliphatic heterocycles. The molecule has 1 fully saturated rings. The average molecular weight is 411 g/mol. The summed E-state index contributed by atoms with van der Waals surface area (Å²) in [6.45, 7) is 8.15. The summed E-state index contributed by atoms with van der Waals surface area (Å²) in [6.07, 6.45) is 0.898. The molecule has 2 aromatic rings. The molecule has 0 aromatic heterocycles. The zero-order valence-electron chi connectivity index (χ0n) is 18.3. The molecule has 6 nitrogen and oxygen atoms in total. The Morgan fingerprint density at radius 3 is 2.30 bits per heavy atom. The van der Waals surface area contributed by atoms with E-state index in [4.69, 9.17) is 0 Å². The maximum Gasteiger partial charge on any atom is 0.284 e. The van der Waals surface area contributed by atoms with Gasteiger partial charge < -0.3 is 20.0 Å². The predicted octanol–water partition coefficient (Wildman–Crippen LogP) is 0.0224. The number of benzene rings is 2. The van der Waals surface area contributed by atoms with Crippen molar-refractivity contribution in [3.8, 4) is 0 Å². The molecule has 0 bridgehead atoms. The number of para-hydroxylation sites is 2. The van der Waals surface area contributed by atoms with Gasteiger partial charge in [0, 0.05) is 18.4 Å². The van der Waals surface area contributed by atoms with Crippen molar-refractivity contribution in [2.75, 3.05) is 50.0 Å². The molecule has 0 unspecified atom stereocenters. The number of anilines is 2. The van der Waals surface area contributed by atoms with Crippen molar-refractivity contribution in [1.29, 1.82) is 0 Å². The molecule has 3 rings (SSSR count). The maximum atomic E-state index is 12.9. The molecule has 0 aliphatic carbocycles. The number of aryl methyl sites for hydroxylation is 1. The highest BCUT2D eigenvalue weighted by Crippen LogP contribution is 2.15. The van der Waals surface area contributed by atoms with E-state index in [1.165, 1.54) is 9.80 Å². The third-order valence-corrected chi connectivity index (χ3v) is 6.14. The first-order valence-electron chi connectivity index (χ1n) is 10.9. The van der Waals surface area contributed by atoms with E-state index in [0.717, 1.165) is 49.5 Å². The number of carbonyl (C=O) groups excluding carboxylic acids is 2. The summed E-state index contributed by atoms with van der Waals surface area (Å²) in [5, 5.41) is 3.07. The Bertz CT molecular complexity index is 847. The van der Waals surface area contributed by atoms with Crippen LogP contribution in [0.2, 0.25) is 0 Å². The number of piperazine rings is 1. The molecule has 1 saturated heterocycles. The molecular formula is C24H34N4O2+2. The maximum absolute atomic E-state index is 12.9. The second-order valence-corrected chi connectivity index (χ2v) is 8.10. The number of nitrogens with zero attached hydrogens (tertiary/aromatic N) is 1. The van der Waals surface area contributed by atoms with Crippen LogP contribution in [0.3, 0.4) is 0 Å². The van der Waals surface area contributed by atoms with Crippen LogP contribution in [0.15, 0.2) is 54.6 Å². The molecule has 1 atom stereocenters. The largest absolute Gasteiger partial charge is 0.321 e. The molecule has 0 spiro atoms. The minimum Gasteiger partial charge on any atom is -0.321 e. The van der Waals surface area contributed by atoms with E-state index < -0.39 is 0 Å². The highest BCUT2D eigenvalue weighted by molar-refractivity contribution is 5.95. The third-order valence-electron chi connectivity index (χ3n) is 6.14. The lowest BCUT2D eigenvalue weighted by Gasteiger charge is -2.33. The van der Waals surface area contributed by atoms with Crippen molar-refractivity contribution in [2.24, 2.45) is 0 Å². The number of rotatable bonds is 7. The lowest BCUT2D eigenvalue weighted by Crippen LogP contribution is -3.30. The van der Waals surface area contributed by atoms with Crippen LogP contribution in [-0.2, 0) is 16.0 Å². The quantitative estimate of drug-likeness (QED) is 0.603. The molecule has 0 saturated carbocycles. The highest BCUT2D eigenvalue weighted by Gasteiger charge is 2.33. The van der Waals surface area contributed by atoms with E-state index in [9.17, 15) is 9.59 Å². The van der Waals surface area contributed by atoms with Crippen molar-refractivity contribution >= 4 is 23.2 Å². The topological polar surface area (TPSA) is 58.3 Å². The number of hydrogen-bond donors (Lipinski definition) is 3. The van der Waals surface area contributed by atoms with Gasteiger partial charge in [-0.1, -0.05) is 43.3 Å². The fraction of sp³-hybridized carbons (Fsp3) is 0.417. The molecule has 1 heterocycles. The van der Waals surface area contributed by atoms with E-state index in [0.29, 0.717) is 6.54 Å². The SMILES string of the molecule is CCc1ccccc1NC(=O)C[NH+]1CC[NH+]([C@H](C)C(=O)N(C)c2ccccc2)CC1. The van der Waals surface area contributed by atoms with Crippen LogP contribution in [0.5, 0.6) is 0 Å². The number of nitrogens with one attached hydrogen (secondary N) is 3. The minimum atomic E-state index is -0.0954. The van der Waals surface area contributed by atoms with Crippen molar-refractivity contribution in [1.82, 2.24) is 0 Å². The van der Waals surface area contributed by atoms with E-state index >= 15 is 0 Å². The summed E-state index contributed by atoms with van der Waals surface area (Å²) in [6, 6.07) is 17.6. The van der Waals surface area contributed by atoms with Gasteiger partial charge in [0.15, 0.2) is 12.6 Å². The third kappa shape index (κ3) is 5.46. The number of quaternary nitrogens is 2. The first-order valence-corrected chi connectivity index (χ1v) is 10.9. The smallest absolute Gasteiger partial charge is 0.284 e. The number of carbonyl (C=O) groups is 2. The Kier molecular flexibility index (Phi) is 7.60. The van der Waals surface area contributed by atoms with Crippen LogP contribution in [0.4, 0.5) is 11.4 Å². The molecule has 30 heavy (non-hydrogen) atoms. The highest BCUT2D eigenvalue weighted by atomic mass is 16.2. The van der Waals surface area contributed by atoms with Crippen LogP contribution in [-0.4, -0.2) is 57.6 Å². The molecule has 3 N–H and O–H groups in total. The summed E-state index contributed by atoms with van der Waals surface area (Å²) in [5.41, 5.74) is 2.99. The monoisotopic (exact) mass is 410 g/mol. The minimum absolute atomic E-state index is 0.0577. The van der Waals surface area contributed by atoms with Crippen molar-refractivity contribution in [3.63, 3.8) is 0 Å². The Morgan fingerprint density at radius 2 is 1.63 bits per heavy atom. The standard InChI is InChI=1S/C24H32N4O2/c1-4-20-10-8-9-13-22(20)25-23(29)18-27-14-16-28(17-15-27)19(2)24(30)26(3)21-11-6-5-7-12-21/h5-13,19H,4,14-18H2,1-3H3,(H,25,29)/p+2/t19-/m1/s1. The van der Waals surface area contributed by atoms with E-state index in [2.05, 4.69) is 18.3 Å². The van der Waals surface area contributed by atoms with Gasteiger partial charge in [-0.15, -0.1) is 0 Å². The van der Waals surface area contributed by atoms with Crippen molar-refractivity contribution in [2.45, 2.75) is 26.3 Å². The Hall–Kier alpha value is -2.70. The van der Waals surface area contributed by atoms with Gasteiger partial charge in [0.1, 0.15) is 26.2 Å². The van der Waals surface area contributed by atoms with Gasteiger partial charge in [0.2, 0.25) is 0 Å². The summed E-state index contributed by atoms with van der Waals surface area (Å²) in [4.78, 5) is 29.7. The summed E-state index contributed by atoms with van der Waals surface area (Å²) in [5.74, 6) is 0.191. The average Bonchev–Trinajstić information content (AvgIpc) is 2.79. The van der Waals surface area contributed by atoms with Crippen molar-refractivity contribution < 1.29 is 19.4 Å². The van der Waals surface area contributed by atoms with Crippen LogP contribution in [0, 0.1) is 0 Å². The molecule has 1 aliphatic rings. The van der Waals surface area contributed by atoms with E-state index in [1.807, 2.05) is 62.5 Å². The van der Waals surface area contributed by atoms with Crippen LogP contribution in [0.1, 0.15) is 19.4 Å². The molecule has 6 heteroatoms. The van der Waals surface area contributed by atoms with Gasteiger partial charge in [0.05, 0.1) is 0 Å². The number of amides is 2. The van der Waals surface area contributed by atoms with Gasteiger partial charge in [0.25, 0.3) is 11.8 Å². The van der Waals surface area contributed by atoms with Crippen LogP contribution >= 0.6 is 0 Å². The number of likely N-dealkylation sites (N-methyl/N-ethyl adjacent to an activating group) is 1. The van der Waals surface area contributed by atoms with Gasteiger partial charge in [-0.3, -0.25) is 9.59 Å². The lowest BCUT2D eigenvalue weighted by atomic mass is 10.1. The molecular weight excluding hydrogens is 376 g/mol. The summed E-state index contributed by atoms with van der Waals surface area (Å²) < 4.78 is 0. The van der Waals surface area contributed by atoms with Crippen molar-refractivity contribution in [3.05, 3.63) is 60.2 Å². The van der Waals surface area contributed by atoms with Crippen LogP contribution in [0.25, 0.3) is 0 Å². The van der Waals surface area contributed by atoms with Gasteiger partial charge in [-0.05, 0) is 37.1 Å². The zero-order chi connectivity index (χ0) is 21.5. The Labute approximate surface area is 179 Å². The first-order chi connectivity index (χ1) is 14.5. The molecule has 2 aromatic carbocycles. The van der Waals surface area contributed by atoms with Gasteiger partial charge >= 0.3 is 0 Å². The fourth-order valence-corrected chi connectivity index (χ4v) is 4.15. The van der Waals surface area contributed by atoms with Gasteiger partial charge in [-0.2, -0.15) is 0 Å².